The summed E-state index contributed by atoms with van der Waals surface area (Å²) in [7, 11) is -3.32. The molecule has 0 amide bonds. The lowest BCUT2D eigenvalue weighted by Gasteiger charge is -2.24. The van der Waals surface area contributed by atoms with Crippen molar-refractivity contribution in [2.45, 2.75) is 31.7 Å². The van der Waals surface area contributed by atoms with Gasteiger partial charge in [-0.1, -0.05) is 13.0 Å². The van der Waals surface area contributed by atoms with Crippen molar-refractivity contribution in [3.05, 3.63) is 29.8 Å². The molecule has 0 fully saturated rings. The first-order valence-electron chi connectivity index (χ1n) is 6.37. The standard InChI is InChI=1S/C14H20N2O2S/c1-4-16(12(2)3)8-9-19(17,18)14-7-5-6-13(10-14)11-15/h5-7,10,12H,4,8-9H2,1-3H3. The van der Waals surface area contributed by atoms with Crippen molar-refractivity contribution in [3.8, 4) is 6.07 Å². The van der Waals surface area contributed by atoms with E-state index in [4.69, 9.17) is 5.26 Å². The number of nitriles is 1. The van der Waals surface area contributed by atoms with Crippen molar-refractivity contribution in [1.29, 1.82) is 5.26 Å². The Kier molecular flexibility index (Phi) is 5.52. The van der Waals surface area contributed by atoms with Crippen LogP contribution in [0, 0.1) is 11.3 Å². The highest BCUT2D eigenvalue weighted by Crippen LogP contribution is 2.13. The van der Waals surface area contributed by atoms with Gasteiger partial charge in [0.05, 0.1) is 22.3 Å². The highest BCUT2D eigenvalue weighted by Gasteiger charge is 2.17. The van der Waals surface area contributed by atoms with Crippen LogP contribution in [-0.2, 0) is 9.84 Å². The average molecular weight is 280 g/mol. The molecule has 1 rings (SSSR count). The van der Waals surface area contributed by atoms with Crippen molar-refractivity contribution in [2.24, 2.45) is 0 Å². The molecule has 1 aromatic rings. The van der Waals surface area contributed by atoms with Crippen molar-refractivity contribution in [2.75, 3.05) is 18.8 Å². The summed E-state index contributed by atoms with van der Waals surface area (Å²) in [5.41, 5.74) is 0.372. The van der Waals surface area contributed by atoms with Crippen molar-refractivity contribution in [3.63, 3.8) is 0 Å². The second-order valence-corrected chi connectivity index (χ2v) is 6.79. The minimum Gasteiger partial charge on any atom is -0.300 e. The molecule has 5 heteroatoms. The monoisotopic (exact) mass is 280 g/mol. The number of sulfone groups is 1. The first-order chi connectivity index (χ1) is 8.90. The fraction of sp³-hybridized carbons (Fsp3) is 0.500. The Bertz CT molecular complexity index is 559. The molecule has 0 saturated heterocycles. The molecule has 0 aliphatic heterocycles. The second-order valence-electron chi connectivity index (χ2n) is 4.68. The van der Waals surface area contributed by atoms with Crippen molar-refractivity contribution in [1.82, 2.24) is 4.90 Å². The Morgan fingerprint density at radius 2 is 2.05 bits per heavy atom. The van der Waals surface area contributed by atoms with Gasteiger partial charge in [0.15, 0.2) is 9.84 Å². The molecule has 0 radical (unpaired) electrons. The third kappa shape index (κ3) is 4.34. The van der Waals surface area contributed by atoms with Crippen LogP contribution >= 0.6 is 0 Å². The average Bonchev–Trinajstić information content (AvgIpc) is 2.39. The van der Waals surface area contributed by atoms with Gasteiger partial charge >= 0.3 is 0 Å². The lowest BCUT2D eigenvalue weighted by molar-refractivity contribution is 0.247. The number of rotatable bonds is 6. The largest absolute Gasteiger partial charge is 0.300 e. The lowest BCUT2D eigenvalue weighted by Crippen LogP contribution is -2.34. The smallest absolute Gasteiger partial charge is 0.179 e. The molecule has 0 heterocycles. The van der Waals surface area contributed by atoms with E-state index in [-0.39, 0.29) is 10.6 Å². The normalized spacial score (nSPS) is 11.8. The molecule has 0 aromatic heterocycles. The van der Waals surface area contributed by atoms with E-state index >= 15 is 0 Å². The van der Waals surface area contributed by atoms with Crippen LogP contribution in [0.3, 0.4) is 0 Å². The maximum Gasteiger partial charge on any atom is 0.179 e. The molecular formula is C14H20N2O2S. The van der Waals surface area contributed by atoms with Gasteiger partial charge in [-0.3, -0.25) is 0 Å². The van der Waals surface area contributed by atoms with Crippen LogP contribution in [0.1, 0.15) is 26.3 Å². The van der Waals surface area contributed by atoms with E-state index in [0.29, 0.717) is 18.2 Å². The van der Waals surface area contributed by atoms with E-state index in [9.17, 15) is 8.42 Å². The van der Waals surface area contributed by atoms with Gasteiger partial charge in [-0.05, 0) is 38.6 Å². The van der Waals surface area contributed by atoms with Gasteiger partial charge in [0, 0.05) is 12.6 Å². The highest BCUT2D eigenvalue weighted by molar-refractivity contribution is 7.91. The third-order valence-electron chi connectivity index (χ3n) is 3.11. The summed E-state index contributed by atoms with van der Waals surface area (Å²) in [6.07, 6.45) is 0. The Balaban J connectivity index is 2.84. The number of hydrogen-bond donors (Lipinski definition) is 0. The summed E-state index contributed by atoms with van der Waals surface area (Å²) in [6.45, 7) is 7.44. The highest BCUT2D eigenvalue weighted by atomic mass is 32.2. The van der Waals surface area contributed by atoms with Crippen LogP contribution in [0.25, 0.3) is 0 Å². The van der Waals surface area contributed by atoms with Gasteiger partial charge in [0.2, 0.25) is 0 Å². The third-order valence-corrected chi connectivity index (χ3v) is 4.80. The fourth-order valence-corrected chi connectivity index (χ4v) is 3.20. The molecule has 0 aliphatic rings. The van der Waals surface area contributed by atoms with Gasteiger partial charge in [0.1, 0.15) is 0 Å². The number of hydrogen-bond acceptors (Lipinski definition) is 4. The molecule has 0 saturated carbocycles. The molecule has 1 aromatic carbocycles. The van der Waals surface area contributed by atoms with Gasteiger partial charge in [-0.2, -0.15) is 5.26 Å². The van der Waals surface area contributed by atoms with Crippen molar-refractivity contribution < 1.29 is 8.42 Å². The maximum absolute atomic E-state index is 12.2. The van der Waals surface area contributed by atoms with Gasteiger partial charge < -0.3 is 4.90 Å². The van der Waals surface area contributed by atoms with E-state index in [1.807, 2.05) is 26.8 Å². The zero-order chi connectivity index (χ0) is 14.5. The second kappa shape index (κ2) is 6.69. The molecule has 0 N–H and O–H groups in total. The Morgan fingerprint density at radius 3 is 2.58 bits per heavy atom. The topological polar surface area (TPSA) is 61.2 Å². The van der Waals surface area contributed by atoms with E-state index in [0.717, 1.165) is 6.54 Å². The predicted octanol–water partition coefficient (Wildman–Crippen LogP) is 2.06. The Labute approximate surface area is 115 Å². The zero-order valence-electron chi connectivity index (χ0n) is 11.6. The molecule has 0 bridgehead atoms. The molecule has 104 valence electrons. The molecule has 4 nitrogen and oxygen atoms in total. The van der Waals surface area contributed by atoms with Crippen LogP contribution in [0.4, 0.5) is 0 Å². The summed E-state index contributed by atoms with van der Waals surface area (Å²) < 4.78 is 24.4. The van der Waals surface area contributed by atoms with Crippen LogP contribution in [0.5, 0.6) is 0 Å². The number of nitrogens with zero attached hydrogens (tertiary/aromatic N) is 2. The molecule has 0 unspecified atom stereocenters. The summed E-state index contributed by atoms with van der Waals surface area (Å²) >= 11 is 0. The summed E-state index contributed by atoms with van der Waals surface area (Å²) in [6, 6.07) is 8.46. The van der Waals surface area contributed by atoms with E-state index < -0.39 is 9.84 Å². The predicted molar refractivity (Wildman–Crippen MR) is 75.6 cm³/mol. The first kappa shape index (κ1) is 15.7. The van der Waals surface area contributed by atoms with Crippen LogP contribution in [0.2, 0.25) is 0 Å². The van der Waals surface area contributed by atoms with Gasteiger partial charge in [-0.25, -0.2) is 8.42 Å². The van der Waals surface area contributed by atoms with Crippen molar-refractivity contribution >= 4 is 9.84 Å². The summed E-state index contributed by atoms with van der Waals surface area (Å²) in [5, 5.41) is 8.80. The summed E-state index contributed by atoms with van der Waals surface area (Å²) in [5.74, 6) is 0.0773. The fourth-order valence-electron chi connectivity index (χ4n) is 1.90. The molecule has 19 heavy (non-hydrogen) atoms. The Morgan fingerprint density at radius 1 is 1.37 bits per heavy atom. The van der Waals surface area contributed by atoms with E-state index in [1.54, 1.807) is 18.2 Å². The zero-order valence-corrected chi connectivity index (χ0v) is 12.4. The van der Waals surface area contributed by atoms with E-state index in [2.05, 4.69) is 4.90 Å². The first-order valence-corrected chi connectivity index (χ1v) is 8.03. The van der Waals surface area contributed by atoms with Crippen LogP contribution in [-0.4, -0.2) is 38.2 Å². The molecule has 0 spiro atoms. The SMILES string of the molecule is CCN(CCS(=O)(=O)c1cccc(C#N)c1)C(C)C. The minimum absolute atomic E-state index is 0.0773. The van der Waals surface area contributed by atoms with Gasteiger partial charge in [-0.15, -0.1) is 0 Å². The minimum atomic E-state index is -3.32. The molecular weight excluding hydrogens is 260 g/mol. The maximum atomic E-state index is 12.2. The quantitative estimate of drug-likeness (QED) is 0.800. The van der Waals surface area contributed by atoms with E-state index in [1.165, 1.54) is 6.07 Å². The van der Waals surface area contributed by atoms with Gasteiger partial charge in [0.25, 0.3) is 0 Å². The lowest BCUT2D eigenvalue weighted by atomic mass is 10.2. The van der Waals surface area contributed by atoms with Crippen LogP contribution in [0.15, 0.2) is 29.2 Å². The summed E-state index contributed by atoms with van der Waals surface area (Å²) in [4.78, 5) is 2.33. The Hall–Kier alpha value is -1.38. The molecule has 0 atom stereocenters. The van der Waals surface area contributed by atoms with Crippen LogP contribution < -0.4 is 0 Å². The number of benzene rings is 1. The molecule has 0 aliphatic carbocycles.